The quantitative estimate of drug-likeness (QED) is 0.287. The number of hydrogen-bond donors (Lipinski definition) is 1. The van der Waals surface area contributed by atoms with E-state index in [1.807, 2.05) is 25.1 Å². The van der Waals surface area contributed by atoms with Crippen molar-refractivity contribution in [2.45, 2.75) is 6.92 Å². The average Bonchev–Trinajstić information content (AvgIpc) is 3.16. The predicted octanol–water partition coefficient (Wildman–Crippen LogP) is 5.03. The summed E-state index contributed by atoms with van der Waals surface area (Å²) >= 11 is 0. The number of pyridine rings is 1. The lowest BCUT2D eigenvalue weighted by Gasteiger charge is -2.04. The number of aromatic nitrogens is 3. The minimum absolute atomic E-state index is 0.104. The van der Waals surface area contributed by atoms with Gasteiger partial charge in [0.2, 0.25) is 5.88 Å². The number of H-pyrrole nitrogens is 1. The molecule has 0 aliphatic heterocycles. The highest BCUT2D eigenvalue weighted by Crippen LogP contribution is 2.24. The fourth-order valence-electron chi connectivity index (χ4n) is 2.86. The Labute approximate surface area is 171 Å². The van der Waals surface area contributed by atoms with E-state index in [0.717, 1.165) is 28.4 Å². The number of nitro groups is 1. The molecule has 4 rings (SSSR count). The zero-order chi connectivity index (χ0) is 21.1. The van der Waals surface area contributed by atoms with Gasteiger partial charge in [-0.1, -0.05) is 18.2 Å². The third kappa shape index (κ3) is 4.00. The molecule has 0 aliphatic rings. The van der Waals surface area contributed by atoms with Gasteiger partial charge in [0.15, 0.2) is 0 Å². The van der Waals surface area contributed by atoms with Gasteiger partial charge in [-0.3, -0.25) is 10.1 Å². The number of imidazole rings is 1. The zero-order valence-corrected chi connectivity index (χ0v) is 15.9. The van der Waals surface area contributed by atoms with Crippen LogP contribution >= 0.6 is 0 Å². The third-order valence-corrected chi connectivity index (χ3v) is 4.36. The fourth-order valence-corrected chi connectivity index (χ4v) is 2.86. The van der Waals surface area contributed by atoms with Crippen molar-refractivity contribution in [3.63, 3.8) is 0 Å². The lowest BCUT2D eigenvalue weighted by Crippen LogP contribution is -1.91. The van der Waals surface area contributed by atoms with Crippen molar-refractivity contribution >= 4 is 28.4 Å². The molecule has 0 amide bonds. The third-order valence-electron chi connectivity index (χ3n) is 4.36. The van der Waals surface area contributed by atoms with Crippen LogP contribution in [0.25, 0.3) is 22.7 Å². The number of ether oxygens (including phenoxy) is 1. The first-order valence-corrected chi connectivity index (χ1v) is 8.99. The van der Waals surface area contributed by atoms with Crippen molar-refractivity contribution in [3.8, 4) is 17.7 Å². The van der Waals surface area contributed by atoms with Gasteiger partial charge in [0.1, 0.15) is 23.8 Å². The molecule has 0 saturated carbocycles. The molecular formula is C22H15N5O3. The molecule has 0 unspecified atom stereocenters. The Morgan fingerprint density at radius 1 is 1.20 bits per heavy atom. The lowest BCUT2D eigenvalue weighted by molar-refractivity contribution is -0.385. The van der Waals surface area contributed by atoms with E-state index in [0.29, 0.717) is 17.1 Å². The summed E-state index contributed by atoms with van der Waals surface area (Å²) in [5.74, 6) is 1.28. The monoisotopic (exact) mass is 397 g/mol. The molecule has 1 N–H and O–H groups in total. The van der Waals surface area contributed by atoms with Gasteiger partial charge in [0, 0.05) is 12.1 Å². The van der Waals surface area contributed by atoms with Crippen LogP contribution in [0.3, 0.4) is 0 Å². The number of nitrogens with zero attached hydrogens (tertiary/aromatic N) is 4. The second-order valence-corrected chi connectivity index (χ2v) is 6.56. The number of aryl methyl sites for hydroxylation is 1. The minimum atomic E-state index is -0.520. The molecule has 0 spiro atoms. The van der Waals surface area contributed by atoms with E-state index in [1.54, 1.807) is 30.3 Å². The summed E-state index contributed by atoms with van der Waals surface area (Å²) in [6.45, 7) is 2.00. The van der Waals surface area contributed by atoms with Crippen molar-refractivity contribution in [2.24, 2.45) is 0 Å². The summed E-state index contributed by atoms with van der Waals surface area (Å²) < 4.78 is 5.60. The van der Waals surface area contributed by atoms with Gasteiger partial charge in [0.05, 0.1) is 21.5 Å². The molecule has 8 heteroatoms. The highest BCUT2D eigenvalue weighted by molar-refractivity contribution is 5.90. The molecule has 30 heavy (non-hydrogen) atoms. The van der Waals surface area contributed by atoms with E-state index in [-0.39, 0.29) is 11.6 Å². The molecular weight excluding hydrogens is 382 g/mol. The Kier molecular flexibility index (Phi) is 4.93. The Balaban J connectivity index is 1.54. The largest absolute Gasteiger partial charge is 0.439 e. The van der Waals surface area contributed by atoms with Crippen LogP contribution in [0.4, 0.5) is 5.69 Å². The van der Waals surface area contributed by atoms with E-state index in [9.17, 15) is 15.4 Å². The summed E-state index contributed by atoms with van der Waals surface area (Å²) in [7, 11) is 0. The van der Waals surface area contributed by atoms with Crippen molar-refractivity contribution in [1.82, 2.24) is 15.0 Å². The molecule has 0 aliphatic carbocycles. The normalized spacial score (nSPS) is 11.3. The molecule has 0 radical (unpaired) electrons. The maximum absolute atomic E-state index is 10.7. The van der Waals surface area contributed by atoms with Gasteiger partial charge in [0.25, 0.3) is 5.69 Å². The number of benzene rings is 2. The molecule has 0 saturated heterocycles. The van der Waals surface area contributed by atoms with Gasteiger partial charge >= 0.3 is 0 Å². The van der Waals surface area contributed by atoms with Crippen LogP contribution in [0.1, 0.15) is 17.0 Å². The van der Waals surface area contributed by atoms with Crippen LogP contribution in [0.15, 0.2) is 60.8 Å². The smallest absolute Gasteiger partial charge is 0.287 e. The average molecular weight is 397 g/mol. The van der Waals surface area contributed by atoms with Gasteiger partial charge in [-0.25, -0.2) is 9.97 Å². The van der Waals surface area contributed by atoms with Crippen LogP contribution in [0.2, 0.25) is 0 Å². The Hall–Kier alpha value is -4.51. The summed E-state index contributed by atoms with van der Waals surface area (Å²) in [5, 5.41) is 20.3. The molecule has 2 heterocycles. The number of aromatic amines is 1. The summed E-state index contributed by atoms with van der Waals surface area (Å²) in [6, 6.07) is 17.9. The molecule has 2 aromatic carbocycles. The topological polar surface area (TPSA) is 118 Å². The first-order valence-electron chi connectivity index (χ1n) is 8.99. The molecule has 146 valence electrons. The van der Waals surface area contributed by atoms with E-state index >= 15 is 0 Å². The number of hydrogen-bond acceptors (Lipinski definition) is 6. The summed E-state index contributed by atoms with van der Waals surface area (Å²) in [6.07, 6.45) is 2.87. The van der Waals surface area contributed by atoms with Gasteiger partial charge in [-0.2, -0.15) is 5.26 Å². The lowest BCUT2D eigenvalue weighted by atomic mass is 10.1. The zero-order valence-electron chi connectivity index (χ0n) is 15.9. The SMILES string of the molecule is Cc1ccc2nc(/C(C#N)=C/c3ccc(Oc4ccc([N+](=O)[O-])cn4)cc3)[nH]c2c1. The van der Waals surface area contributed by atoms with Crippen molar-refractivity contribution in [2.75, 3.05) is 0 Å². The van der Waals surface area contributed by atoms with E-state index in [4.69, 9.17) is 4.74 Å². The van der Waals surface area contributed by atoms with Crippen LogP contribution in [-0.2, 0) is 0 Å². The van der Waals surface area contributed by atoms with Crippen LogP contribution in [0, 0.1) is 28.4 Å². The molecule has 2 aromatic heterocycles. The first-order chi connectivity index (χ1) is 14.5. The minimum Gasteiger partial charge on any atom is -0.439 e. The predicted molar refractivity (Wildman–Crippen MR) is 112 cm³/mol. The van der Waals surface area contributed by atoms with Gasteiger partial charge in [-0.05, 0) is 48.4 Å². The van der Waals surface area contributed by atoms with E-state index < -0.39 is 4.92 Å². The Morgan fingerprint density at radius 2 is 2.00 bits per heavy atom. The molecule has 0 fully saturated rings. The number of fused-ring (bicyclic) bond motifs is 1. The first kappa shape index (κ1) is 18.8. The molecule has 0 bridgehead atoms. The van der Waals surface area contributed by atoms with Crippen LogP contribution in [-0.4, -0.2) is 19.9 Å². The highest BCUT2D eigenvalue weighted by atomic mass is 16.6. The van der Waals surface area contributed by atoms with E-state index in [2.05, 4.69) is 21.0 Å². The van der Waals surface area contributed by atoms with Crippen LogP contribution in [0.5, 0.6) is 11.6 Å². The second kappa shape index (κ2) is 7.85. The van der Waals surface area contributed by atoms with Crippen molar-refractivity contribution in [1.29, 1.82) is 5.26 Å². The Bertz CT molecular complexity index is 1300. The maximum Gasteiger partial charge on any atom is 0.287 e. The molecule has 8 nitrogen and oxygen atoms in total. The van der Waals surface area contributed by atoms with Gasteiger partial charge in [-0.15, -0.1) is 0 Å². The maximum atomic E-state index is 10.7. The van der Waals surface area contributed by atoms with Gasteiger partial charge < -0.3 is 9.72 Å². The standard InChI is InChI=1S/C22H15N5O3/c1-14-2-8-19-20(10-14)26-22(25-19)16(12-23)11-15-3-6-18(7-4-15)30-21-9-5-17(13-24-21)27(28)29/h2-11,13H,1H3,(H,25,26)/b16-11+. The summed E-state index contributed by atoms with van der Waals surface area (Å²) in [4.78, 5) is 21.7. The van der Waals surface area contributed by atoms with Crippen molar-refractivity contribution < 1.29 is 9.66 Å². The number of nitrogens with one attached hydrogen (secondary N) is 1. The number of rotatable bonds is 5. The highest BCUT2D eigenvalue weighted by Gasteiger charge is 2.09. The number of nitriles is 1. The molecule has 4 aromatic rings. The van der Waals surface area contributed by atoms with Crippen molar-refractivity contribution in [3.05, 3.63) is 87.9 Å². The second-order valence-electron chi connectivity index (χ2n) is 6.56. The van der Waals surface area contributed by atoms with E-state index in [1.165, 1.54) is 12.1 Å². The van der Waals surface area contributed by atoms with Crippen LogP contribution < -0.4 is 4.74 Å². The fraction of sp³-hybridized carbons (Fsp3) is 0.0455. The Morgan fingerprint density at radius 3 is 2.67 bits per heavy atom. The summed E-state index contributed by atoms with van der Waals surface area (Å²) in [5.41, 5.74) is 3.90. The number of allylic oxidation sites excluding steroid dienone is 1. The molecule has 0 atom stereocenters.